The first-order valence-electron chi connectivity index (χ1n) is 6.76. The lowest BCUT2D eigenvalue weighted by atomic mass is 9.89. The van der Waals surface area contributed by atoms with Crippen molar-refractivity contribution in [2.24, 2.45) is 0 Å². The van der Waals surface area contributed by atoms with Crippen LogP contribution in [0.5, 0.6) is 0 Å². The molecular weight excluding hydrogens is 301 g/mol. The van der Waals surface area contributed by atoms with E-state index >= 15 is 0 Å². The number of esters is 1. The number of halogens is 3. The Morgan fingerprint density at radius 1 is 1.27 bits per heavy atom. The summed E-state index contributed by atoms with van der Waals surface area (Å²) in [6.45, 7) is 1.33. The third-order valence-electron chi connectivity index (χ3n) is 3.13. The Kier molecular flexibility index (Phi) is 6.37. The maximum Gasteiger partial charge on any atom is 0.392 e. The van der Waals surface area contributed by atoms with Gasteiger partial charge in [0.1, 0.15) is 0 Å². The van der Waals surface area contributed by atoms with Gasteiger partial charge in [0.25, 0.3) is 0 Å². The summed E-state index contributed by atoms with van der Waals surface area (Å²) in [7, 11) is 1.30. The Bertz CT molecular complexity index is 475. The minimum Gasteiger partial charge on any atom is -0.464 e. The van der Waals surface area contributed by atoms with Crippen LogP contribution in [0.25, 0.3) is 0 Å². The largest absolute Gasteiger partial charge is 0.464 e. The average Bonchev–Trinajstić information content (AvgIpc) is 2.44. The van der Waals surface area contributed by atoms with Crippen molar-refractivity contribution in [3.8, 4) is 0 Å². The van der Waals surface area contributed by atoms with Crippen LogP contribution < -0.4 is 0 Å². The summed E-state index contributed by atoms with van der Waals surface area (Å²) in [6, 6.07) is 8.41. The molecule has 2 atom stereocenters. The van der Waals surface area contributed by atoms with Crippen molar-refractivity contribution in [3.63, 3.8) is 0 Å². The zero-order chi connectivity index (χ0) is 16.8. The smallest absolute Gasteiger partial charge is 0.392 e. The number of methoxy groups -OCH3 is 1. The molecule has 0 radical (unpaired) electrons. The lowest BCUT2D eigenvalue weighted by molar-refractivity contribution is -0.203. The maximum atomic E-state index is 12.7. The molecule has 0 spiro atoms. The highest BCUT2D eigenvalue weighted by molar-refractivity contribution is 5.79. The second-order valence-electron chi connectivity index (χ2n) is 4.88. The van der Waals surface area contributed by atoms with Crippen LogP contribution in [0.15, 0.2) is 30.3 Å². The highest BCUT2D eigenvalue weighted by Crippen LogP contribution is 2.36. The topological polar surface area (TPSA) is 55.8 Å². The summed E-state index contributed by atoms with van der Waals surface area (Å²) < 4.78 is 47.8. The lowest BCUT2D eigenvalue weighted by Gasteiger charge is -2.30. The summed E-state index contributed by atoms with van der Waals surface area (Å²) in [6.07, 6.45) is -7.81. The molecular formula is C15H19F3O4. The second-order valence-corrected chi connectivity index (χ2v) is 4.88. The third-order valence-corrected chi connectivity index (χ3v) is 3.13. The number of benzene rings is 1. The molecule has 0 saturated heterocycles. The molecule has 124 valence electrons. The number of carbonyl (C=O) groups excluding carboxylic acids is 1. The first kappa shape index (κ1) is 18.4. The predicted molar refractivity (Wildman–Crippen MR) is 73.1 cm³/mol. The Balaban J connectivity index is 3.03. The van der Waals surface area contributed by atoms with Gasteiger partial charge in [0.2, 0.25) is 0 Å². The van der Waals surface area contributed by atoms with Crippen LogP contribution in [0.1, 0.15) is 31.4 Å². The van der Waals surface area contributed by atoms with Crippen molar-refractivity contribution in [1.29, 1.82) is 0 Å². The first-order valence-corrected chi connectivity index (χ1v) is 6.76. The zero-order valence-corrected chi connectivity index (χ0v) is 12.4. The second kappa shape index (κ2) is 7.60. The van der Waals surface area contributed by atoms with Gasteiger partial charge >= 0.3 is 12.1 Å². The molecule has 4 nitrogen and oxygen atoms in total. The molecule has 0 fully saturated rings. The van der Waals surface area contributed by atoms with Crippen molar-refractivity contribution >= 4 is 5.97 Å². The molecule has 0 aliphatic heterocycles. The van der Waals surface area contributed by atoms with Crippen LogP contribution in [-0.4, -0.2) is 36.6 Å². The molecule has 7 heteroatoms. The molecule has 0 aliphatic carbocycles. The third kappa shape index (κ3) is 5.31. The van der Waals surface area contributed by atoms with Crippen LogP contribution in [-0.2, 0) is 14.3 Å². The maximum absolute atomic E-state index is 12.7. The van der Waals surface area contributed by atoms with Crippen molar-refractivity contribution in [1.82, 2.24) is 0 Å². The van der Waals surface area contributed by atoms with E-state index in [0.717, 1.165) is 0 Å². The molecule has 0 aromatic heterocycles. The van der Waals surface area contributed by atoms with Crippen LogP contribution in [0.2, 0.25) is 0 Å². The van der Waals surface area contributed by atoms with E-state index in [1.54, 1.807) is 30.3 Å². The lowest BCUT2D eigenvalue weighted by Crippen LogP contribution is -2.45. The predicted octanol–water partition coefficient (Wildman–Crippen LogP) is 3.01. The monoisotopic (exact) mass is 320 g/mol. The Labute approximate surface area is 126 Å². The molecule has 22 heavy (non-hydrogen) atoms. The Morgan fingerprint density at radius 3 is 2.32 bits per heavy atom. The molecule has 0 unspecified atom stereocenters. The fourth-order valence-electron chi connectivity index (χ4n) is 2.14. The van der Waals surface area contributed by atoms with E-state index in [9.17, 15) is 23.1 Å². The summed E-state index contributed by atoms with van der Waals surface area (Å²) in [5, 5.41) is 10.2. The number of carbonyl (C=O) groups is 1. The Morgan fingerprint density at radius 2 is 1.86 bits per heavy atom. The van der Waals surface area contributed by atoms with Gasteiger partial charge < -0.3 is 14.6 Å². The number of ether oxygens (including phenoxy) is 2. The van der Waals surface area contributed by atoms with E-state index in [2.05, 4.69) is 4.74 Å². The van der Waals surface area contributed by atoms with Crippen molar-refractivity contribution in [2.75, 3.05) is 13.7 Å². The summed E-state index contributed by atoms with van der Waals surface area (Å²) in [4.78, 5) is 11.8. The van der Waals surface area contributed by atoms with Crippen LogP contribution >= 0.6 is 0 Å². The van der Waals surface area contributed by atoms with E-state index < -0.39 is 36.7 Å². The number of aliphatic hydroxyl groups is 1. The molecule has 0 saturated carbocycles. The quantitative estimate of drug-likeness (QED) is 0.785. The zero-order valence-electron chi connectivity index (χ0n) is 12.4. The van der Waals surface area contributed by atoms with Crippen LogP contribution in [0.3, 0.4) is 0 Å². The normalized spacial score (nSPS) is 15.9. The molecule has 0 bridgehead atoms. The summed E-state index contributed by atoms with van der Waals surface area (Å²) >= 11 is 0. The van der Waals surface area contributed by atoms with Gasteiger partial charge in [-0.25, -0.2) is 4.79 Å². The van der Waals surface area contributed by atoms with E-state index in [1.165, 1.54) is 14.0 Å². The van der Waals surface area contributed by atoms with Crippen LogP contribution in [0, 0.1) is 0 Å². The standard InChI is InChI=1S/C15H19F3O4/c1-3-22-13(19)14(20,10-15(16,17)18)9-12(21-2)11-7-5-4-6-8-11/h4-8,12,20H,3,9-10H2,1-2H3/t12-,14-/m0/s1. The number of alkyl halides is 3. The van der Waals surface area contributed by atoms with E-state index in [4.69, 9.17) is 4.74 Å². The van der Waals surface area contributed by atoms with Gasteiger partial charge in [-0.2, -0.15) is 13.2 Å². The fourth-order valence-corrected chi connectivity index (χ4v) is 2.14. The highest BCUT2D eigenvalue weighted by atomic mass is 19.4. The van der Waals surface area contributed by atoms with Crippen molar-refractivity contribution in [3.05, 3.63) is 35.9 Å². The summed E-state index contributed by atoms with van der Waals surface area (Å²) in [5.74, 6) is -1.30. The first-order chi connectivity index (χ1) is 10.2. The molecule has 0 heterocycles. The minimum absolute atomic E-state index is 0.123. The van der Waals surface area contributed by atoms with Crippen LogP contribution in [0.4, 0.5) is 13.2 Å². The van der Waals surface area contributed by atoms with Gasteiger partial charge in [0.15, 0.2) is 5.60 Å². The molecule has 1 rings (SSSR count). The minimum atomic E-state index is -4.71. The van der Waals surface area contributed by atoms with E-state index in [-0.39, 0.29) is 6.61 Å². The van der Waals surface area contributed by atoms with E-state index in [0.29, 0.717) is 5.56 Å². The van der Waals surface area contributed by atoms with Gasteiger partial charge in [-0.05, 0) is 12.5 Å². The van der Waals surface area contributed by atoms with E-state index in [1.807, 2.05) is 0 Å². The number of rotatable bonds is 7. The van der Waals surface area contributed by atoms with Crippen molar-refractivity contribution < 1.29 is 32.5 Å². The molecule has 1 aromatic rings. The van der Waals surface area contributed by atoms with Crippen molar-refractivity contribution in [2.45, 2.75) is 37.6 Å². The Hall–Kier alpha value is -1.60. The molecule has 0 amide bonds. The summed E-state index contributed by atoms with van der Waals surface area (Å²) in [5.41, 5.74) is -2.12. The van der Waals surface area contributed by atoms with Gasteiger partial charge in [-0.15, -0.1) is 0 Å². The molecule has 1 aromatic carbocycles. The number of hydrogen-bond acceptors (Lipinski definition) is 4. The van der Waals surface area contributed by atoms with Gasteiger partial charge in [-0.3, -0.25) is 0 Å². The molecule has 1 N–H and O–H groups in total. The SMILES string of the molecule is CCOC(=O)[C@](O)(C[C@H](OC)c1ccccc1)CC(F)(F)F. The molecule has 0 aliphatic rings. The highest BCUT2D eigenvalue weighted by Gasteiger charge is 2.49. The van der Waals surface area contributed by atoms with Gasteiger partial charge in [0.05, 0.1) is 19.1 Å². The van der Waals surface area contributed by atoms with Gasteiger partial charge in [0, 0.05) is 13.5 Å². The number of hydrogen-bond donors (Lipinski definition) is 1. The average molecular weight is 320 g/mol. The van der Waals surface area contributed by atoms with Gasteiger partial charge in [-0.1, -0.05) is 30.3 Å². The fraction of sp³-hybridized carbons (Fsp3) is 0.533.